The van der Waals surface area contributed by atoms with E-state index in [2.05, 4.69) is 0 Å². The van der Waals surface area contributed by atoms with Gasteiger partial charge in [-0.1, -0.05) is 18.2 Å². The Bertz CT molecular complexity index is 1020. The average molecular weight is 405 g/mol. The van der Waals surface area contributed by atoms with Crippen molar-refractivity contribution in [1.82, 2.24) is 0 Å². The number of nitrogens with zero attached hydrogens (tertiary/aromatic N) is 1. The zero-order valence-electron chi connectivity index (χ0n) is 15.4. The molecule has 0 saturated carbocycles. The fourth-order valence-corrected chi connectivity index (χ4v) is 4.23. The lowest BCUT2D eigenvalue weighted by Gasteiger charge is -2.18. The first-order valence-corrected chi connectivity index (χ1v) is 10.5. The van der Waals surface area contributed by atoms with Crippen LogP contribution in [0.25, 0.3) is 0 Å². The van der Waals surface area contributed by atoms with Crippen LogP contribution in [0.1, 0.15) is 28.4 Å². The van der Waals surface area contributed by atoms with Crippen LogP contribution in [0.15, 0.2) is 42.5 Å². The molecule has 1 heterocycles. The number of rotatable bonds is 7. The first-order chi connectivity index (χ1) is 13.3. The Balaban J connectivity index is 1.63. The second kappa shape index (κ2) is 8.10. The van der Waals surface area contributed by atoms with Crippen LogP contribution in [0.3, 0.4) is 0 Å². The lowest BCUT2D eigenvalue weighted by molar-refractivity contribution is -0.141. The molecule has 0 radical (unpaired) electrons. The van der Waals surface area contributed by atoms with Crippen LogP contribution in [0, 0.1) is 5.82 Å². The van der Waals surface area contributed by atoms with Gasteiger partial charge in [0.15, 0.2) is 12.4 Å². The van der Waals surface area contributed by atoms with Crippen molar-refractivity contribution in [2.75, 3.05) is 23.2 Å². The first-order valence-electron chi connectivity index (χ1n) is 8.87. The van der Waals surface area contributed by atoms with Crippen LogP contribution in [-0.4, -0.2) is 39.1 Å². The van der Waals surface area contributed by atoms with Crippen LogP contribution in [0.5, 0.6) is 0 Å². The SMILES string of the molecule is CCS(=O)(=O)N1CCc2cc(C(=O)COC(=O)Cc3ccccc3F)ccc21. The third-order valence-corrected chi connectivity index (χ3v) is 6.39. The molecule has 1 aliphatic heterocycles. The summed E-state index contributed by atoms with van der Waals surface area (Å²) in [5, 5.41) is 0. The van der Waals surface area contributed by atoms with E-state index < -0.39 is 34.2 Å². The van der Waals surface area contributed by atoms with Gasteiger partial charge in [0.1, 0.15) is 5.82 Å². The van der Waals surface area contributed by atoms with Crippen molar-refractivity contribution in [3.63, 3.8) is 0 Å². The molecule has 0 spiro atoms. The summed E-state index contributed by atoms with van der Waals surface area (Å²) in [6.45, 7) is 1.48. The Kier molecular flexibility index (Phi) is 5.79. The summed E-state index contributed by atoms with van der Waals surface area (Å²) in [5.41, 5.74) is 1.89. The number of ketones is 1. The summed E-state index contributed by atoms with van der Waals surface area (Å²) in [7, 11) is -3.35. The minimum atomic E-state index is -3.35. The summed E-state index contributed by atoms with van der Waals surface area (Å²) in [6, 6.07) is 10.6. The Morgan fingerprint density at radius 1 is 1.18 bits per heavy atom. The van der Waals surface area contributed by atoms with E-state index >= 15 is 0 Å². The maximum absolute atomic E-state index is 13.6. The van der Waals surface area contributed by atoms with Crippen molar-refractivity contribution in [2.45, 2.75) is 19.8 Å². The van der Waals surface area contributed by atoms with E-state index in [4.69, 9.17) is 4.74 Å². The molecule has 8 heteroatoms. The smallest absolute Gasteiger partial charge is 0.310 e. The van der Waals surface area contributed by atoms with Gasteiger partial charge >= 0.3 is 5.97 Å². The van der Waals surface area contributed by atoms with Crippen molar-refractivity contribution >= 4 is 27.5 Å². The molecule has 2 aromatic rings. The van der Waals surface area contributed by atoms with Gasteiger partial charge in [-0.15, -0.1) is 0 Å². The highest BCUT2D eigenvalue weighted by Gasteiger charge is 2.28. The summed E-state index contributed by atoms with van der Waals surface area (Å²) >= 11 is 0. The number of ether oxygens (including phenoxy) is 1. The van der Waals surface area contributed by atoms with Crippen molar-refractivity contribution in [2.24, 2.45) is 0 Å². The molecule has 6 nitrogen and oxygen atoms in total. The molecule has 0 unspecified atom stereocenters. The van der Waals surface area contributed by atoms with Crippen molar-refractivity contribution in [1.29, 1.82) is 0 Å². The van der Waals surface area contributed by atoms with Crippen LogP contribution in [0.2, 0.25) is 0 Å². The molecule has 1 aliphatic rings. The maximum atomic E-state index is 13.6. The number of anilines is 1. The van der Waals surface area contributed by atoms with E-state index in [1.54, 1.807) is 25.1 Å². The highest BCUT2D eigenvalue weighted by atomic mass is 32.2. The van der Waals surface area contributed by atoms with Crippen LogP contribution in [-0.2, 0) is 32.4 Å². The third kappa shape index (κ3) is 4.22. The van der Waals surface area contributed by atoms with E-state index in [1.807, 2.05) is 0 Å². The lowest BCUT2D eigenvalue weighted by atomic mass is 10.1. The molecule has 0 saturated heterocycles. The Hall–Kier alpha value is -2.74. The van der Waals surface area contributed by atoms with Crippen LogP contribution < -0.4 is 4.31 Å². The zero-order valence-corrected chi connectivity index (χ0v) is 16.2. The van der Waals surface area contributed by atoms with Gasteiger partial charge in [0, 0.05) is 12.1 Å². The number of Topliss-reactive ketones (excluding diaryl/α,β-unsaturated/α-hetero) is 1. The summed E-state index contributed by atoms with van der Waals surface area (Å²) in [4.78, 5) is 24.2. The highest BCUT2D eigenvalue weighted by Crippen LogP contribution is 2.31. The molecule has 0 atom stereocenters. The molecule has 0 N–H and O–H groups in total. The van der Waals surface area contributed by atoms with E-state index in [-0.39, 0.29) is 17.7 Å². The minimum Gasteiger partial charge on any atom is -0.457 e. The highest BCUT2D eigenvalue weighted by molar-refractivity contribution is 7.92. The fraction of sp³-hybridized carbons (Fsp3) is 0.300. The number of benzene rings is 2. The number of fused-ring (bicyclic) bond motifs is 1. The van der Waals surface area contributed by atoms with Crippen molar-refractivity contribution in [3.8, 4) is 0 Å². The Morgan fingerprint density at radius 2 is 1.93 bits per heavy atom. The van der Waals surface area contributed by atoms with Crippen molar-refractivity contribution < 1.29 is 27.1 Å². The van der Waals surface area contributed by atoms with Crippen molar-refractivity contribution in [3.05, 3.63) is 65.0 Å². The molecule has 28 heavy (non-hydrogen) atoms. The lowest BCUT2D eigenvalue weighted by Crippen LogP contribution is -2.30. The molecular formula is C20H20FNO5S. The summed E-state index contributed by atoms with van der Waals surface area (Å²) in [6.07, 6.45) is 0.261. The van der Waals surface area contributed by atoms with Gasteiger partial charge in [0.05, 0.1) is 17.9 Å². The largest absolute Gasteiger partial charge is 0.457 e. The maximum Gasteiger partial charge on any atom is 0.310 e. The van der Waals surface area contributed by atoms with Gasteiger partial charge in [-0.05, 0) is 48.7 Å². The van der Waals surface area contributed by atoms with Gasteiger partial charge in [0.2, 0.25) is 10.0 Å². The number of carbonyl (C=O) groups is 2. The quantitative estimate of drug-likeness (QED) is 0.522. The Morgan fingerprint density at radius 3 is 2.64 bits per heavy atom. The third-order valence-electron chi connectivity index (χ3n) is 4.61. The normalized spacial score (nSPS) is 13.3. The van der Waals surface area contributed by atoms with E-state index in [0.29, 0.717) is 24.2 Å². The van der Waals surface area contributed by atoms with Gasteiger partial charge in [-0.2, -0.15) is 0 Å². The summed E-state index contributed by atoms with van der Waals surface area (Å²) in [5.74, 6) is -1.59. The number of halogens is 1. The molecule has 0 amide bonds. The fourth-order valence-electron chi connectivity index (χ4n) is 3.07. The number of carbonyl (C=O) groups excluding carboxylic acids is 2. The zero-order chi connectivity index (χ0) is 20.3. The number of hydrogen-bond donors (Lipinski definition) is 0. The number of sulfonamides is 1. The summed E-state index contributed by atoms with van der Waals surface area (Å²) < 4.78 is 44.1. The number of hydrogen-bond acceptors (Lipinski definition) is 5. The monoisotopic (exact) mass is 405 g/mol. The molecular weight excluding hydrogens is 385 g/mol. The second-order valence-electron chi connectivity index (χ2n) is 6.42. The van der Waals surface area contributed by atoms with E-state index in [1.165, 1.54) is 28.6 Å². The molecule has 2 aromatic carbocycles. The number of esters is 1. The molecule has 0 fully saturated rings. The first kappa shape index (κ1) is 20.0. The van der Waals surface area contributed by atoms with E-state index in [0.717, 1.165) is 5.56 Å². The standard InChI is InChI=1S/C20H20FNO5S/c1-2-28(25,26)22-10-9-15-11-16(7-8-18(15)22)19(23)13-27-20(24)12-14-5-3-4-6-17(14)21/h3-8,11H,2,9-10,12-13H2,1H3. The molecule has 3 rings (SSSR count). The molecule has 0 aromatic heterocycles. The Labute approximate surface area is 163 Å². The predicted molar refractivity (Wildman–Crippen MR) is 102 cm³/mol. The van der Waals surface area contributed by atoms with Crippen LogP contribution >= 0.6 is 0 Å². The second-order valence-corrected chi connectivity index (χ2v) is 8.60. The van der Waals surface area contributed by atoms with Gasteiger partial charge in [-0.3, -0.25) is 13.9 Å². The van der Waals surface area contributed by atoms with Crippen LogP contribution in [0.4, 0.5) is 10.1 Å². The van der Waals surface area contributed by atoms with Gasteiger partial charge < -0.3 is 4.74 Å². The molecule has 0 bridgehead atoms. The minimum absolute atomic E-state index is 0.00504. The predicted octanol–water partition coefficient (Wildman–Crippen LogP) is 2.51. The molecule has 0 aliphatic carbocycles. The average Bonchev–Trinajstić information content (AvgIpc) is 3.12. The van der Waals surface area contributed by atoms with Gasteiger partial charge in [0.25, 0.3) is 0 Å². The molecule has 148 valence electrons. The topological polar surface area (TPSA) is 80.8 Å². The van der Waals surface area contributed by atoms with E-state index in [9.17, 15) is 22.4 Å². The van der Waals surface area contributed by atoms with Gasteiger partial charge in [-0.25, -0.2) is 12.8 Å².